The van der Waals surface area contributed by atoms with Crippen LogP contribution in [0.2, 0.25) is 0 Å². The zero-order valence-corrected chi connectivity index (χ0v) is 9.66. The molecule has 0 saturated heterocycles. The van der Waals surface area contributed by atoms with E-state index in [9.17, 15) is 0 Å². The van der Waals surface area contributed by atoms with Crippen LogP contribution in [0.3, 0.4) is 0 Å². The molecule has 0 aliphatic heterocycles. The number of pyridine rings is 1. The van der Waals surface area contributed by atoms with Crippen LogP contribution in [0.15, 0.2) is 18.3 Å². The van der Waals surface area contributed by atoms with Gasteiger partial charge in [-0.05, 0) is 51.3 Å². The van der Waals surface area contributed by atoms with Gasteiger partial charge in [-0.25, -0.2) is 0 Å². The molecule has 1 aromatic rings. The zero-order valence-electron chi connectivity index (χ0n) is 9.66. The van der Waals surface area contributed by atoms with E-state index in [1.54, 1.807) is 0 Å². The van der Waals surface area contributed by atoms with Crippen molar-refractivity contribution in [1.29, 1.82) is 0 Å². The maximum atomic E-state index is 4.52. The third kappa shape index (κ3) is 2.37. The highest BCUT2D eigenvalue weighted by molar-refractivity contribution is 5.28. The second kappa shape index (κ2) is 4.75. The van der Waals surface area contributed by atoms with Crippen LogP contribution in [0.5, 0.6) is 0 Å². The molecule has 1 heterocycles. The highest BCUT2D eigenvalue weighted by atomic mass is 14.8. The Balaban J connectivity index is 1.96. The summed E-state index contributed by atoms with van der Waals surface area (Å²) in [5, 5.41) is 3.29. The minimum atomic E-state index is 0.623. The van der Waals surface area contributed by atoms with Crippen LogP contribution < -0.4 is 5.32 Å². The molecule has 0 spiro atoms. The first-order valence-corrected chi connectivity index (χ1v) is 5.92. The van der Waals surface area contributed by atoms with Gasteiger partial charge in [-0.15, -0.1) is 0 Å². The Morgan fingerprint density at radius 2 is 2.47 bits per heavy atom. The topological polar surface area (TPSA) is 24.9 Å². The fraction of sp³-hybridized carbons (Fsp3) is 0.615. The molecule has 0 amide bonds. The normalized spacial score (nSPS) is 21.3. The van der Waals surface area contributed by atoms with Crippen LogP contribution in [-0.2, 0) is 6.42 Å². The summed E-state index contributed by atoms with van der Waals surface area (Å²) < 4.78 is 0. The number of hydrogen-bond acceptors (Lipinski definition) is 2. The molecule has 2 heteroatoms. The third-order valence-electron chi connectivity index (χ3n) is 3.52. The van der Waals surface area contributed by atoms with Gasteiger partial charge in [-0.2, -0.15) is 0 Å². The number of rotatable bonds is 4. The van der Waals surface area contributed by atoms with E-state index in [4.69, 9.17) is 0 Å². The average Bonchev–Trinajstić information content (AvgIpc) is 2.69. The molecular formula is C13H20N2. The Labute approximate surface area is 92.1 Å². The first kappa shape index (κ1) is 10.6. The summed E-state index contributed by atoms with van der Waals surface area (Å²) in [6, 6.07) is 4.90. The number of hydrogen-bond donors (Lipinski definition) is 1. The van der Waals surface area contributed by atoms with Crippen molar-refractivity contribution in [3.8, 4) is 0 Å². The first-order chi connectivity index (χ1) is 7.31. The summed E-state index contributed by atoms with van der Waals surface area (Å²) in [5.41, 5.74) is 2.83. The number of fused-ring (bicyclic) bond motifs is 1. The summed E-state index contributed by atoms with van der Waals surface area (Å²) >= 11 is 0. The van der Waals surface area contributed by atoms with E-state index in [2.05, 4.69) is 29.4 Å². The molecule has 0 fully saturated rings. The van der Waals surface area contributed by atoms with E-state index >= 15 is 0 Å². The highest BCUT2D eigenvalue weighted by Gasteiger charge is 2.23. The van der Waals surface area contributed by atoms with Crippen molar-refractivity contribution in [2.75, 3.05) is 7.05 Å². The lowest BCUT2D eigenvalue weighted by Crippen LogP contribution is -2.21. The van der Waals surface area contributed by atoms with E-state index in [1.165, 1.54) is 36.9 Å². The van der Waals surface area contributed by atoms with E-state index in [0.717, 1.165) is 0 Å². The van der Waals surface area contributed by atoms with Crippen LogP contribution in [0, 0.1) is 0 Å². The van der Waals surface area contributed by atoms with Crippen LogP contribution >= 0.6 is 0 Å². The molecule has 0 radical (unpaired) electrons. The van der Waals surface area contributed by atoms with Gasteiger partial charge in [0.1, 0.15) is 0 Å². The van der Waals surface area contributed by atoms with E-state index in [-0.39, 0.29) is 0 Å². The lowest BCUT2D eigenvalue weighted by Gasteiger charge is -2.14. The zero-order chi connectivity index (χ0) is 10.7. The number of nitrogens with zero attached hydrogens (tertiary/aromatic N) is 1. The lowest BCUT2D eigenvalue weighted by atomic mass is 9.98. The molecule has 0 aromatic carbocycles. The minimum Gasteiger partial charge on any atom is -0.317 e. The molecule has 1 aliphatic rings. The van der Waals surface area contributed by atoms with Crippen molar-refractivity contribution >= 4 is 0 Å². The molecule has 1 N–H and O–H groups in total. The van der Waals surface area contributed by atoms with Gasteiger partial charge in [0.2, 0.25) is 0 Å². The molecule has 82 valence electrons. The van der Waals surface area contributed by atoms with Crippen molar-refractivity contribution in [1.82, 2.24) is 10.3 Å². The Hall–Kier alpha value is -0.890. The number of aromatic nitrogens is 1. The predicted molar refractivity (Wildman–Crippen MR) is 63.1 cm³/mol. The van der Waals surface area contributed by atoms with Gasteiger partial charge in [0.05, 0.1) is 0 Å². The summed E-state index contributed by atoms with van der Waals surface area (Å²) in [6.45, 7) is 2.24. The standard InChI is InChI=1S/C13H20N2/c1-10(14-2)5-6-12-8-7-11-4-3-9-15-13(11)12/h3-4,9-10,12,14H,5-8H2,1-2H3. The molecule has 0 saturated carbocycles. The van der Waals surface area contributed by atoms with Crippen molar-refractivity contribution < 1.29 is 0 Å². The molecular weight excluding hydrogens is 184 g/mol. The summed E-state index contributed by atoms with van der Waals surface area (Å²) in [4.78, 5) is 4.52. The maximum Gasteiger partial charge on any atom is 0.0466 e. The second-order valence-corrected chi connectivity index (χ2v) is 4.55. The fourth-order valence-corrected chi connectivity index (χ4v) is 2.37. The van der Waals surface area contributed by atoms with E-state index in [0.29, 0.717) is 12.0 Å². The van der Waals surface area contributed by atoms with Gasteiger partial charge in [-0.3, -0.25) is 4.98 Å². The van der Waals surface area contributed by atoms with Gasteiger partial charge in [-0.1, -0.05) is 6.07 Å². The summed E-state index contributed by atoms with van der Waals surface area (Å²) in [5.74, 6) is 0.706. The molecule has 1 aromatic heterocycles. The molecule has 0 bridgehead atoms. The fourth-order valence-electron chi connectivity index (χ4n) is 2.37. The van der Waals surface area contributed by atoms with Crippen molar-refractivity contribution in [2.24, 2.45) is 0 Å². The average molecular weight is 204 g/mol. The van der Waals surface area contributed by atoms with Crippen molar-refractivity contribution in [2.45, 2.75) is 44.6 Å². The Bertz CT molecular complexity index is 322. The number of aryl methyl sites for hydroxylation is 1. The molecule has 15 heavy (non-hydrogen) atoms. The highest BCUT2D eigenvalue weighted by Crippen LogP contribution is 2.34. The first-order valence-electron chi connectivity index (χ1n) is 5.92. The van der Waals surface area contributed by atoms with Gasteiger partial charge in [0.15, 0.2) is 0 Å². The Morgan fingerprint density at radius 1 is 1.60 bits per heavy atom. The monoisotopic (exact) mass is 204 g/mol. The van der Waals surface area contributed by atoms with E-state index < -0.39 is 0 Å². The van der Waals surface area contributed by atoms with Crippen molar-refractivity contribution in [3.63, 3.8) is 0 Å². The molecule has 2 nitrogen and oxygen atoms in total. The van der Waals surface area contributed by atoms with Crippen LogP contribution in [0.4, 0.5) is 0 Å². The lowest BCUT2D eigenvalue weighted by molar-refractivity contribution is 0.491. The third-order valence-corrected chi connectivity index (χ3v) is 3.52. The minimum absolute atomic E-state index is 0.623. The van der Waals surface area contributed by atoms with Crippen molar-refractivity contribution in [3.05, 3.63) is 29.6 Å². The quantitative estimate of drug-likeness (QED) is 0.815. The van der Waals surface area contributed by atoms with E-state index in [1.807, 2.05) is 13.2 Å². The maximum absolute atomic E-state index is 4.52. The van der Waals surface area contributed by atoms with Crippen LogP contribution in [0.25, 0.3) is 0 Å². The van der Waals surface area contributed by atoms with Gasteiger partial charge >= 0.3 is 0 Å². The van der Waals surface area contributed by atoms with Gasteiger partial charge in [0.25, 0.3) is 0 Å². The smallest absolute Gasteiger partial charge is 0.0466 e. The predicted octanol–water partition coefficient (Wildman–Crippen LogP) is 2.50. The largest absolute Gasteiger partial charge is 0.317 e. The molecule has 2 unspecified atom stereocenters. The molecule has 2 rings (SSSR count). The van der Waals surface area contributed by atoms with Gasteiger partial charge < -0.3 is 5.32 Å². The van der Waals surface area contributed by atoms with Crippen LogP contribution in [-0.4, -0.2) is 18.1 Å². The van der Waals surface area contributed by atoms with Crippen LogP contribution in [0.1, 0.15) is 43.4 Å². The summed E-state index contributed by atoms with van der Waals surface area (Å²) in [6.07, 6.45) is 6.96. The Kier molecular flexibility index (Phi) is 3.37. The summed E-state index contributed by atoms with van der Waals surface area (Å²) in [7, 11) is 2.03. The molecule has 2 atom stereocenters. The SMILES string of the molecule is CNC(C)CCC1CCc2cccnc21. The number of nitrogens with one attached hydrogen (secondary N) is 1. The van der Waals surface area contributed by atoms with Gasteiger partial charge in [0, 0.05) is 23.9 Å². The Morgan fingerprint density at radius 3 is 3.27 bits per heavy atom. The second-order valence-electron chi connectivity index (χ2n) is 4.55. The molecule has 1 aliphatic carbocycles.